The highest BCUT2D eigenvalue weighted by Gasteiger charge is 2.32. The summed E-state index contributed by atoms with van der Waals surface area (Å²) in [4.78, 5) is 0.178. The van der Waals surface area contributed by atoms with Crippen molar-refractivity contribution < 1.29 is 17.9 Å². The molecule has 0 unspecified atom stereocenters. The molecule has 1 aromatic rings. The molecule has 1 aromatic carbocycles. The second-order valence-corrected chi connectivity index (χ2v) is 7.53. The standard InChI is InChI=1S/C16H21NO4S/c1-20-14-5-6-15(21-2)16(11-14)22(18,19)17-9-7-13(8-10-17)12-3-4-12/h5-6,11H,3-4,7-10H2,1-2H3. The van der Waals surface area contributed by atoms with Crippen LogP contribution in [0.2, 0.25) is 0 Å². The molecule has 0 amide bonds. The van der Waals surface area contributed by atoms with Gasteiger partial charge in [-0.15, -0.1) is 0 Å². The predicted molar refractivity (Wildman–Crippen MR) is 83.8 cm³/mol. The fraction of sp³-hybridized carbons (Fsp3) is 0.500. The van der Waals surface area contributed by atoms with Crippen LogP contribution in [0.15, 0.2) is 34.2 Å². The van der Waals surface area contributed by atoms with E-state index in [0.29, 0.717) is 24.6 Å². The van der Waals surface area contributed by atoms with Crippen LogP contribution in [0.25, 0.3) is 0 Å². The molecule has 6 heteroatoms. The Balaban J connectivity index is 1.88. The smallest absolute Gasteiger partial charge is 0.246 e. The normalized spacial score (nSPS) is 19.2. The number of piperidine rings is 1. The van der Waals surface area contributed by atoms with Gasteiger partial charge in [-0.2, -0.15) is 4.31 Å². The van der Waals surface area contributed by atoms with Crippen LogP contribution >= 0.6 is 0 Å². The third-order valence-corrected chi connectivity index (χ3v) is 6.23. The number of allylic oxidation sites excluding steroid dienone is 1. The molecule has 1 aliphatic carbocycles. The maximum absolute atomic E-state index is 12.9. The van der Waals surface area contributed by atoms with Gasteiger partial charge in [0.15, 0.2) is 0 Å². The number of hydrogen-bond donors (Lipinski definition) is 0. The third kappa shape index (κ3) is 2.85. The molecule has 0 bridgehead atoms. The van der Waals surface area contributed by atoms with E-state index in [4.69, 9.17) is 9.47 Å². The van der Waals surface area contributed by atoms with Crippen molar-refractivity contribution in [2.75, 3.05) is 27.3 Å². The summed E-state index contributed by atoms with van der Waals surface area (Å²) in [7, 11) is -0.561. The van der Waals surface area contributed by atoms with E-state index < -0.39 is 10.0 Å². The Morgan fingerprint density at radius 1 is 0.955 bits per heavy atom. The van der Waals surface area contributed by atoms with E-state index in [1.165, 1.54) is 44.3 Å². The Kier molecular flexibility index (Phi) is 4.14. The number of nitrogens with zero attached hydrogens (tertiary/aromatic N) is 1. The van der Waals surface area contributed by atoms with Crippen molar-refractivity contribution in [1.29, 1.82) is 0 Å². The summed E-state index contributed by atoms with van der Waals surface area (Å²) in [6.45, 7) is 1.09. The summed E-state index contributed by atoms with van der Waals surface area (Å²) < 4.78 is 37.7. The van der Waals surface area contributed by atoms with Gasteiger partial charge in [-0.05, 0) is 37.8 Å². The quantitative estimate of drug-likeness (QED) is 0.799. The number of benzene rings is 1. The Hall–Kier alpha value is -1.53. The Bertz CT molecular complexity index is 693. The zero-order valence-electron chi connectivity index (χ0n) is 13.0. The van der Waals surface area contributed by atoms with Crippen LogP contribution < -0.4 is 9.47 Å². The molecule has 0 radical (unpaired) electrons. The predicted octanol–water partition coefficient (Wildman–Crippen LogP) is 2.58. The molecule has 2 fully saturated rings. The minimum absolute atomic E-state index is 0.178. The lowest BCUT2D eigenvalue weighted by atomic mass is 10.1. The van der Waals surface area contributed by atoms with Crippen molar-refractivity contribution in [3.8, 4) is 11.5 Å². The summed E-state index contributed by atoms with van der Waals surface area (Å²) in [6, 6.07) is 4.86. The summed E-state index contributed by atoms with van der Waals surface area (Å²) >= 11 is 0. The lowest BCUT2D eigenvalue weighted by Gasteiger charge is -2.28. The fourth-order valence-electron chi connectivity index (χ4n) is 2.89. The van der Waals surface area contributed by atoms with Crippen molar-refractivity contribution in [3.05, 3.63) is 29.3 Å². The minimum Gasteiger partial charge on any atom is -0.497 e. The second-order valence-electron chi connectivity index (χ2n) is 5.63. The number of ether oxygens (including phenoxy) is 2. The van der Waals surface area contributed by atoms with Crippen LogP contribution in [0.4, 0.5) is 0 Å². The molecule has 120 valence electrons. The zero-order chi connectivity index (χ0) is 15.7. The molecule has 1 saturated heterocycles. The van der Waals surface area contributed by atoms with Gasteiger partial charge in [-0.3, -0.25) is 0 Å². The van der Waals surface area contributed by atoms with Crippen LogP contribution in [-0.2, 0) is 10.0 Å². The van der Waals surface area contributed by atoms with E-state index in [1.807, 2.05) is 0 Å². The van der Waals surface area contributed by atoms with Gasteiger partial charge in [0.2, 0.25) is 10.0 Å². The van der Waals surface area contributed by atoms with Crippen molar-refractivity contribution in [2.24, 2.45) is 0 Å². The van der Waals surface area contributed by atoms with Crippen LogP contribution in [0.1, 0.15) is 25.7 Å². The number of hydrogen-bond acceptors (Lipinski definition) is 4. The minimum atomic E-state index is -3.56. The Labute approximate surface area is 131 Å². The molecule has 0 N–H and O–H groups in total. The molecule has 0 aromatic heterocycles. The van der Waals surface area contributed by atoms with E-state index in [0.717, 1.165) is 12.8 Å². The number of sulfonamides is 1. The molecular weight excluding hydrogens is 302 g/mol. The molecule has 3 rings (SSSR count). The van der Waals surface area contributed by atoms with E-state index in [9.17, 15) is 8.42 Å². The molecule has 5 nitrogen and oxygen atoms in total. The topological polar surface area (TPSA) is 55.8 Å². The SMILES string of the molecule is COc1ccc(OC)c(S(=O)(=O)N2CCC(=C3CC3)CC2)c1. The molecule has 0 spiro atoms. The summed E-state index contributed by atoms with van der Waals surface area (Å²) in [5.41, 5.74) is 3.00. The van der Waals surface area contributed by atoms with E-state index in [-0.39, 0.29) is 4.90 Å². The van der Waals surface area contributed by atoms with Crippen LogP contribution in [0.3, 0.4) is 0 Å². The monoisotopic (exact) mass is 323 g/mol. The molecule has 22 heavy (non-hydrogen) atoms. The zero-order valence-corrected chi connectivity index (χ0v) is 13.8. The van der Waals surface area contributed by atoms with Gasteiger partial charge in [0.1, 0.15) is 16.4 Å². The Morgan fingerprint density at radius 3 is 2.14 bits per heavy atom. The number of rotatable bonds is 4. The van der Waals surface area contributed by atoms with E-state index in [2.05, 4.69) is 0 Å². The fourth-order valence-corrected chi connectivity index (χ4v) is 4.50. The van der Waals surface area contributed by atoms with E-state index in [1.54, 1.807) is 16.4 Å². The van der Waals surface area contributed by atoms with Gasteiger partial charge in [0, 0.05) is 19.2 Å². The first-order valence-electron chi connectivity index (χ1n) is 7.48. The van der Waals surface area contributed by atoms with Crippen LogP contribution in [-0.4, -0.2) is 40.0 Å². The van der Waals surface area contributed by atoms with Gasteiger partial charge in [0.25, 0.3) is 0 Å². The highest BCUT2D eigenvalue weighted by Crippen LogP contribution is 2.38. The first-order valence-corrected chi connectivity index (χ1v) is 8.92. The highest BCUT2D eigenvalue weighted by atomic mass is 32.2. The lowest BCUT2D eigenvalue weighted by Crippen LogP contribution is -2.36. The largest absolute Gasteiger partial charge is 0.497 e. The number of methoxy groups -OCH3 is 2. The maximum atomic E-state index is 12.9. The second kappa shape index (κ2) is 5.93. The van der Waals surface area contributed by atoms with E-state index >= 15 is 0 Å². The average Bonchev–Trinajstić information content (AvgIpc) is 3.39. The average molecular weight is 323 g/mol. The molecule has 1 heterocycles. The maximum Gasteiger partial charge on any atom is 0.246 e. The van der Waals surface area contributed by atoms with Gasteiger partial charge in [-0.25, -0.2) is 8.42 Å². The molecule has 0 atom stereocenters. The molecule has 1 aliphatic heterocycles. The Morgan fingerprint density at radius 2 is 1.59 bits per heavy atom. The lowest BCUT2D eigenvalue weighted by molar-refractivity contribution is 0.371. The van der Waals surface area contributed by atoms with Gasteiger partial charge in [0.05, 0.1) is 14.2 Å². The highest BCUT2D eigenvalue weighted by molar-refractivity contribution is 7.89. The summed E-state index contributed by atoms with van der Waals surface area (Å²) in [6.07, 6.45) is 4.10. The summed E-state index contributed by atoms with van der Waals surface area (Å²) in [5.74, 6) is 0.865. The van der Waals surface area contributed by atoms with Gasteiger partial charge >= 0.3 is 0 Å². The summed E-state index contributed by atoms with van der Waals surface area (Å²) in [5, 5.41) is 0. The van der Waals surface area contributed by atoms with Crippen LogP contribution in [0, 0.1) is 0 Å². The van der Waals surface area contributed by atoms with Crippen molar-refractivity contribution in [3.63, 3.8) is 0 Å². The third-order valence-electron chi connectivity index (χ3n) is 4.31. The van der Waals surface area contributed by atoms with Crippen LogP contribution in [0.5, 0.6) is 11.5 Å². The molecule has 2 aliphatic rings. The van der Waals surface area contributed by atoms with Crippen molar-refractivity contribution in [1.82, 2.24) is 4.31 Å². The van der Waals surface area contributed by atoms with Gasteiger partial charge < -0.3 is 9.47 Å². The van der Waals surface area contributed by atoms with Crippen molar-refractivity contribution >= 4 is 10.0 Å². The van der Waals surface area contributed by atoms with Gasteiger partial charge in [-0.1, -0.05) is 11.1 Å². The first kappa shape index (κ1) is 15.4. The molecule has 1 saturated carbocycles. The van der Waals surface area contributed by atoms with Crippen molar-refractivity contribution in [2.45, 2.75) is 30.6 Å². The molecular formula is C16H21NO4S. The first-order chi connectivity index (χ1) is 10.6.